The molecular formula is C16H20ClN3. The Kier molecular flexibility index (Phi) is 3.81. The maximum atomic E-state index is 8.47. The Hall–Kier alpha value is -1.32. The fourth-order valence-corrected chi connectivity index (χ4v) is 3.52. The average Bonchev–Trinajstić information content (AvgIpc) is 2.45. The molecule has 2 aliphatic heterocycles. The third-order valence-corrected chi connectivity index (χ3v) is 4.51. The molecular weight excluding hydrogens is 270 g/mol. The predicted molar refractivity (Wildman–Crippen MR) is 84.3 cm³/mol. The van der Waals surface area contributed by atoms with Crippen LogP contribution in [0.3, 0.4) is 0 Å². The molecule has 0 saturated carbocycles. The highest BCUT2D eigenvalue weighted by Gasteiger charge is 2.33. The van der Waals surface area contributed by atoms with Gasteiger partial charge in [0.1, 0.15) is 0 Å². The van der Waals surface area contributed by atoms with Crippen molar-refractivity contribution in [1.29, 1.82) is 5.41 Å². The van der Waals surface area contributed by atoms with Crippen molar-refractivity contribution in [3.8, 4) is 0 Å². The third kappa shape index (κ3) is 2.48. The van der Waals surface area contributed by atoms with Gasteiger partial charge in [-0.2, -0.15) is 0 Å². The number of nitrogens with one attached hydrogen (secondary N) is 3. The molecule has 20 heavy (non-hydrogen) atoms. The minimum atomic E-state index is 0.222. The van der Waals surface area contributed by atoms with E-state index in [2.05, 4.69) is 16.7 Å². The lowest BCUT2D eigenvalue weighted by Crippen LogP contribution is -2.52. The fraction of sp³-hybridized carbons (Fsp3) is 0.438. The number of hydrogen-bond acceptors (Lipinski definition) is 3. The largest absolute Gasteiger partial charge is 0.387 e. The van der Waals surface area contributed by atoms with Gasteiger partial charge in [0.2, 0.25) is 0 Å². The predicted octanol–water partition coefficient (Wildman–Crippen LogP) is 3.20. The zero-order valence-electron chi connectivity index (χ0n) is 11.7. The van der Waals surface area contributed by atoms with E-state index in [0.29, 0.717) is 6.04 Å². The Morgan fingerprint density at radius 2 is 2.25 bits per heavy atom. The molecule has 1 aromatic rings. The second-order valence-corrected chi connectivity index (χ2v) is 6.02. The van der Waals surface area contributed by atoms with Gasteiger partial charge in [0, 0.05) is 29.9 Å². The maximum Gasteiger partial charge on any atom is 0.0536 e. The van der Waals surface area contributed by atoms with Crippen LogP contribution in [0.1, 0.15) is 31.2 Å². The Morgan fingerprint density at radius 1 is 1.40 bits per heavy atom. The van der Waals surface area contributed by atoms with Gasteiger partial charge >= 0.3 is 0 Å². The van der Waals surface area contributed by atoms with E-state index in [1.807, 2.05) is 25.2 Å². The molecule has 2 bridgehead atoms. The molecule has 0 aromatic heterocycles. The number of piperidine rings is 2. The quantitative estimate of drug-likeness (QED) is 0.783. The smallest absolute Gasteiger partial charge is 0.0536 e. The van der Waals surface area contributed by atoms with Crippen LogP contribution in [0, 0.1) is 5.41 Å². The van der Waals surface area contributed by atoms with Crippen LogP contribution in [0.4, 0.5) is 0 Å². The van der Waals surface area contributed by atoms with Crippen molar-refractivity contribution in [2.24, 2.45) is 0 Å². The zero-order chi connectivity index (χ0) is 14.1. The Bertz CT molecular complexity index is 565. The molecule has 3 N–H and O–H groups in total. The lowest BCUT2D eigenvalue weighted by Gasteiger charge is -2.38. The number of hydrogen-bond donors (Lipinski definition) is 3. The van der Waals surface area contributed by atoms with Crippen LogP contribution >= 0.6 is 11.6 Å². The normalized spacial score (nSPS) is 28.2. The second kappa shape index (κ2) is 5.58. The first kappa shape index (κ1) is 13.7. The van der Waals surface area contributed by atoms with Crippen LogP contribution in [0.5, 0.6) is 0 Å². The van der Waals surface area contributed by atoms with Gasteiger partial charge in [-0.05, 0) is 49.0 Å². The van der Waals surface area contributed by atoms with Crippen molar-refractivity contribution in [2.45, 2.75) is 37.8 Å². The molecule has 2 atom stereocenters. The van der Waals surface area contributed by atoms with Crippen molar-refractivity contribution in [1.82, 2.24) is 10.6 Å². The topological polar surface area (TPSA) is 47.9 Å². The highest BCUT2D eigenvalue weighted by molar-refractivity contribution is 6.30. The molecule has 0 spiro atoms. The summed E-state index contributed by atoms with van der Waals surface area (Å²) < 4.78 is 0. The summed E-state index contributed by atoms with van der Waals surface area (Å²) in [5.41, 5.74) is 4.00. The molecule has 0 radical (unpaired) electrons. The van der Waals surface area contributed by atoms with E-state index in [-0.39, 0.29) is 6.04 Å². The first-order valence-corrected chi connectivity index (χ1v) is 7.58. The number of benzene rings is 1. The first-order valence-electron chi connectivity index (χ1n) is 7.20. The molecule has 2 aliphatic rings. The molecule has 3 rings (SSSR count). The van der Waals surface area contributed by atoms with Crippen molar-refractivity contribution in [3.63, 3.8) is 0 Å². The maximum absolute atomic E-state index is 8.47. The fourth-order valence-electron chi connectivity index (χ4n) is 3.33. The molecule has 1 aromatic carbocycles. The molecule has 0 aliphatic carbocycles. The minimum absolute atomic E-state index is 0.222. The Morgan fingerprint density at radius 3 is 3.00 bits per heavy atom. The van der Waals surface area contributed by atoms with Crippen LogP contribution in [-0.2, 0) is 0 Å². The summed E-state index contributed by atoms with van der Waals surface area (Å²) >= 11 is 6.10. The highest BCUT2D eigenvalue weighted by Crippen LogP contribution is 2.31. The molecule has 3 nitrogen and oxygen atoms in total. The Labute approximate surface area is 124 Å². The summed E-state index contributed by atoms with van der Waals surface area (Å²) in [7, 11) is 1.92. The molecule has 2 unspecified atom stereocenters. The van der Waals surface area contributed by atoms with Crippen LogP contribution < -0.4 is 10.6 Å². The molecule has 4 heteroatoms. The SMILES string of the molecule is CN/C(=C1/CC2CCCC(N2)C1=N)c1cccc(Cl)c1. The minimum Gasteiger partial charge on any atom is -0.387 e. The molecule has 2 fully saturated rings. The van der Waals surface area contributed by atoms with E-state index in [1.165, 1.54) is 12.8 Å². The summed E-state index contributed by atoms with van der Waals surface area (Å²) in [6.45, 7) is 0. The van der Waals surface area contributed by atoms with E-state index in [1.54, 1.807) is 0 Å². The highest BCUT2D eigenvalue weighted by atomic mass is 35.5. The van der Waals surface area contributed by atoms with Crippen molar-refractivity contribution in [2.75, 3.05) is 7.05 Å². The second-order valence-electron chi connectivity index (χ2n) is 5.58. The zero-order valence-corrected chi connectivity index (χ0v) is 12.4. The van der Waals surface area contributed by atoms with Gasteiger partial charge in [0.05, 0.1) is 5.71 Å². The number of halogens is 1. The van der Waals surface area contributed by atoms with E-state index in [0.717, 1.165) is 40.4 Å². The average molecular weight is 290 g/mol. The van der Waals surface area contributed by atoms with E-state index in [4.69, 9.17) is 17.0 Å². The van der Waals surface area contributed by atoms with Gasteiger partial charge in [-0.25, -0.2) is 0 Å². The van der Waals surface area contributed by atoms with E-state index >= 15 is 0 Å². The van der Waals surface area contributed by atoms with Crippen LogP contribution in [0.2, 0.25) is 5.02 Å². The van der Waals surface area contributed by atoms with Crippen molar-refractivity contribution < 1.29 is 0 Å². The number of rotatable bonds is 2. The van der Waals surface area contributed by atoms with Gasteiger partial charge in [0.15, 0.2) is 0 Å². The molecule has 2 heterocycles. The van der Waals surface area contributed by atoms with Crippen molar-refractivity contribution in [3.05, 3.63) is 40.4 Å². The van der Waals surface area contributed by atoms with Gasteiger partial charge < -0.3 is 16.0 Å². The molecule has 2 saturated heterocycles. The number of fused-ring (bicyclic) bond motifs is 2. The third-order valence-electron chi connectivity index (χ3n) is 4.27. The lowest BCUT2D eigenvalue weighted by atomic mass is 9.81. The van der Waals surface area contributed by atoms with Gasteiger partial charge in [-0.15, -0.1) is 0 Å². The Balaban J connectivity index is 2.03. The van der Waals surface area contributed by atoms with Gasteiger partial charge in [-0.1, -0.05) is 23.7 Å². The molecule has 0 amide bonds. The van der Waals surface area contributed by atoms with Crippen LogP contribution in [0.25, 0.3) is 5.70 Å². The summed E-state index contributed by atoms with van der Waals surface area (Å²) in [6.07, 6.45) is 4.44. The van der Waals surface area contributed by atoms with E-state index in [9.17, 15) is 0 Å². The monoisotopic (exact) mass is 289 g/mol. The summed E-state index contributed by atoms with van der Waals surface area (Å²) in [5, 5.41) is 16.1. The molecule has 106 valence electrons. The summed E-state index contributed by atoms with van der Waals surface area (Å²) in [4.78, 5) is 0. The summed E-state index contributed by atoms with van der Waals surface area (Å²) in [5.74, 6) is 0. The summed E-state index contributed by atoms with van der Waals surface area (Å²) in [6, 6.07) is 8.59. The lowest BCUT2D eigenvalue weighted by molar-refractivity contribution is 0.351. The van der Waals surface area contributed by atoms with Crippen LogP contribution in [0.15, 0.2) is 29.8 Å². The standard InChI is InChI=1S/C16H20ClN3/c1-19-16(10-4-2-5-11(17)8-10)13-9-12-6-3-7-14(20-12)15(13)18/h2,4-5,8,12,14,18-20H,3,6-7,9H2,1H3/b16-13-,18-15?. The van der Waals surface area contributed by atoms with Gasteiger partial charge in [0.25, 0.3) is 0 Å². The van der Waals surface area contributed by atoms with Crippen molar-refractivity contribution >= 4 is 23.0 Å². The van der Waals surface area contributed by atoms with Crippen LogP contribution in [-0.4, -0.2) is 24.8 Å². The van der Waals surface area contributed by atoms with E-state index < -0.39 is 0 Å². The first-order chi connectivity index (χ1) is 9.69. The van der Waals surface area contributed by atoms with Gasteiger partial charge in [-0.3, -0.25) is 0 Å².